The summed E-state index contributed by atoms with van der Waals surface area (Å²) in [6, 6.07) is 9.86. The lowest BCUT2D eigenvalue weighted by Crippen LogP contribution is -2.53. The molecule has 3 nitrogen and oxygen atoms in total. The van der Waals surface area contributed by atoms with E-state index in [9.17, 15) is 0 Å². The maximum absolute atomic E-state index is 5.18. The molecule has 1 heterocycles. The van der Waals surface area contributed by atoms with Gasteiger partial charge in [0.25, 0.3) is 0 Å². The molecule has 1 aliphatic rings. The van der Waals surface area contributed by atoms with Gasteiger partial charge in [0.05, 0.1) is 6.61 Å². The molecule has 1 aliphatic heterocycles. The van der Waals surface area contributed by atoms with Crippen molar-refractivity contribution in [3.8, 4) is 0 Å². The van der Waals surface area contributed by atoms with Gasteiger partial charge >= 0.3 is 0 Å². The number of rotatable bonds is 4. The summed E-state index contributed by atoms with van der Waals surface area (Å²) in [7, 11) is 1.74. The summed E-state index contributed by atoms with van der Waals surface area (Å²) in [6.45, 7) is 8.49. The molecule has 0 bridgehead atoms. The summed E-state index contributed by atoms with van der Waals surface area (Å²) in [4.78, 5) is 2.53. The van der Waals surface area contributed by atoms with Crippen LogP contribution in [0.25, 0.3) is 0 Å². The fourth-order valence-corrected chi connectivity index (χ4v) is 2.81. The van der Waals surface area contributed by atoms with Gasteiger partial charge in [-0.15, -0.1) is 0 Å². The van der Waals surface area contributed by atoms with Gasteiger partial charge in [-0.05, 0) is 25.0 Å². The first-order chi connectivity index (χ1) is 8.67. The number of nitrogens with one attached hydrogen (secondary N) is 1. The van der Waals surface area contributed by atoms with Crippen LogP contribution in [0.4, 0.5) is 0 Å². The van der Waals surface area contributed by atoms with E-state index >= 15 is 0 Å². The molecule has 0 amide bonds. The summed E-state index contributed by atoms with van der Waals surface area (Å²) in [5.74, 6) is 0. The summed E-state index contributed by atoms with van der Waals surface area (Å²) < 4.78 is 5.18. The van der Waals surface area contributed by atoms with Crippen molar-refractivity contribution in [3.63, 3.8) is 0 Å². The van der Waals surface area contributed by atoms with E-state index in [0.29, 0.717) is 18.7 Å². The minimum atomic E-state index is 0.580. The Morgan fingerprint density at radius 3 is 2.56 bits per heavy atom. The van der Waals surface area contributed by atoms with E-state index in [1.807, 2.05) is 0 Å². The van der Waals surface area contributed by atoms with Crippen LogP contribution in [-0.4, -0.2) is 37.2 Å². The zero-order valence-corrected chi connectivity index (χ0v) is 11.6. The standard InChI is InChI=1S/C15H24N2O/c1-12-8-17(9-13(2)16-12)10-14-5-4-6-15(7-14)11-18-3/h4-7,12-13,16H,8-11H2,1-3H3. The van der Waals surface area contributed by atoms with Crippen LogP contribution in [0.15, 0.2) is 24.3 Å². The van der Waals surface area contributed by atoms with E-state index < -0.39 is 0 Å². The molecule has 0 spiro atoms. The smallest absolute Gasteiger partial charge is 0.0713 e. The normalized spacial score (nSPS) is 25.3. The van der Waals surface area contributed by atoms with E-state index in [-0.39, 0.29) is 0 Å². The third-order valence-electron chi connectivity index (χ3n) is 3.34. The third-order valence-corrected chi connectivity index (χ3v) is 3.34. The number of hydrogen-bond acceptors (Lipinski definition) is 3. The summed E-state index contributed by atoms with van der Waals surface area (Å²) in [6.07, 6.45) is 0. The Balaban J connectivity index is 1.97. The lowest BCUT2D eigenvalue weighted by atomic mass is 10.1. The van der Waals surface area contributed by atoms with Gasteiger partial charge in [0, 0.05) is 38.8 Å². The van der Waals surface area contributed by atoms with Crippen LogP contribution in [0.3, 0.4) is 0 Å². The Labute approximate surface area is 110 Å². The van der Waals surface area contributed by atoms with Crippen LogP contribution >= 0.6 is 0 Å². The minimum Gasteiger partial charge on any atom is -0.380 e. The molecule has 2 atom stereocenters. The first-order valence-corrected chi connectivity index (χ1v) is 6.72. The van der Waals surface area contributed by atoms with Crippen molar-refractivity contribution in [2.45, 2.75) is 39.1 Å². The van der Waals surface area contributed by atoms with Crippen molar-refractivity contribution in [3.05, 3.63) is 35.4 Å². The van der Waals surface area contributed by atoms with Crippen LogP contribution in [0.5, 0.6) is 0 Å². The molecule has 100 valence electrons. The maximum Gasteiger partial charge on any atom is 0.0713 e. The van der Waals surface area contributed by atoms with Crippen LogP contribution in [-0.2, 0) is 17.9 Å². The zero-order valence-electron chi connectivity index (χ0n) is 11.6. The molecular formula is C15H24N2O. The number of ether oxygens (including phenoxy) is 1. The highest BCUT2D eigenvalue weighted by Crippen LogP contribution is 2.12. The van der Waals surface area contributed by atoms with Gasteiger partial charge in [0.15, 0.2) is 0 Å². The lowest BCUT2D eigenvalue weighted by Gasteiger charge is -2.36. The maximum atomic E-state index is 5.18. The molecule has 0 aromatic heterocycles. The quantitative estimate of drug-likeness (QED) is 0.882. The molecule has 1 aromatic rings. The summed E-state index contributed by atoms with van der Waals surface area (Å²) in [5.41, 5.74) is 2.64. The van der Waals surface area contributed by atoms with E-state index in [0.717, 1.165) is 19.6 Å². The van der Waals surface area contributed by atoms with Crippen LogP contribution in [0, 0.1) is 0 Å². The molecule has 1 fully saturated rings. The van der Waals surface area contributed by atoms with Crippen LogP contribution in [0.2, 0.25) is 0 Å². The van der Waals surface area contributed by atoms with Gasteiger partial charge in [0.1, 0.15) is 0 Å². The Morgan fingerprint density at radius 2 is 1.89 bits per heavy atom. The topological polar surface area (TPSA) is 24.5 Å². The Kier molecular flexibility index (Phi) is 4.75. The molecule has 3 heteroatoms. The van der Waals surface area contributed by atoms with Gasteiger partial charge in [-0.3, -0.25) is 4.90 Å². The Morgan fingerprint density at radius 1 is 1.22 bits per heavy atom. The first-order valence-electron chi connectivity index (χ1n) is 6.72. The molecule has 18 heavy (non-hydrogen) atoms. The Hall–Kier alpha value is -0.900. The summed E-state index contributed by atoms with van der Waals surface area (Å²) >= 11 is 0. The number of methoxy groups -OCH3 is 1. The molecule has 0 saturated carbocycles. The largest absolute Gasteiger partial charge is 0.380 e. The molecule has 1 aromatic carbocycles. The van der Waals surface area contributed by atoms with Gasteiger partial charge in [-0.1, -0.05) is 24.3 Å². The van der Waals surface area contributed by atoms with Crippen molar-refractivity contribution < 1.29 is 4.74 Å². The number of benzene rings is 1. The highest BCUT2D eigenvalue weighted by molar-refractivity contribution is 5.23. The molecule has 1 N–H and O–H groups in total. The number of hydrogen-bond donors (Lipinski definition) is 1. The number of piperazine rings is 1. The second-order valence-corrected chi connectivity index (χ2v) is 5.42. The van der Waals surface area contributed by atoms with Gasteiger partial charge in [-0.2, -0.15) is 0 Å². The van der Waals surface area contributed by atoms with Crippen LogP contribution in [0.1, 0.15) is 25.0 Å². The third kappa shape index (κ3) is 3.80. The highest BCUT2D eigenvalue weighted by Gasteiger charge is 2.20. The molecule has 0 aliphatic carbocycles. The second kappa shape index (κ2) is 6.32. The summed E-state index contributed by atoms with van der Waals surface area (Å²) in [5, 5.41) is 3.56. The molecule has 2 rings (SSSR count). The van der Waals surface area contributed by atoms with Gasteiger partial charge in [-0.25, -0.2) is 0 Å². The molecule has 1 saturated heterocycles. The monoisotopic (exact) mass is 248 g/mol. The first kappa shape index (κ1) is 13.5. The SMILES string of the molecule is COCc1cccc(CN2CC(C)NC(C)C2)c1. The molecule has 0 radical (unpaired) electrons. The van der Waals surface area contributed by atoms with Crippen molar-refractivity contribution in [1.29, 1.82) is 0 Å². The second-order valence-electron chi connectivity index (χ2n) is 5.42. The van der Waals surface area contributed by atoms with E-state index in [4.69, 9.17) is 4.74 Å². The van der Waals surface area contributed by atoms with Crippen molar-refractivity contribution in [2.75, 3.05) is 20.2 Å². The van der Waals surface area contributed by atoms with Gasteiger partial charge < -0.3 is 10.1 Å². The highest BCUT2D eigenvalue weighted by atomic mass is 16.5. The van der Waals surface area contributed by atoms with Crippen molar-refractivity contribution in [1.82, 2.24) is 10.2 Å². The average molecular weight is 248 g/mol. The fourth-order valence-electron chi connectivity index (χ4n) is 2.81. The lowest BCUT2D eigenvalue weighted by molar-refractivity contribution is 0.166. The predicted molar refractivity (Wildman–Crippen MR) is 74.5 cm³/mol. The fraction of sp³-hybridized carbons (Fsp3) is 0.600. The number of nitrogens with zero attached hydrogens (tertiary/aromatic N) is 1. The van der Waals surface area contributed by atoms with Gasteiger partial charge in [0.2, 0.25) is 0 Å². The van der Waals surface area contributed by atoms with E-state index in [2.05, 4.69) is 48.3 Å². The van der Waals surface area contributed by atoms with Crippen molar-refractivity contribution >= 4 is 0 Å². The predicted octanol–water partition coefficient (Wildman–Crippen LogP) is 2.02. The molecule has 2 unspecified atom stereocenters. The zero-order chi connectivity index (χ0) is 13.0. The minimum absolute atomic E-state index is 0.580. The average Bonchev–Trinajstić information content (AvgIpc) is 2.28. The molecular weight excluding hydrogens is 224 g/mol. The van der Waals surface area contributed by atoms with Crippen LogP contribution < -0.4 is 5.32 Å². The van der Waals surface area contributed by atoms with Crippen molar-refractivity contribution in [2.24, 2.45) is 0 Å². The van der Waals surface area contributed by atoms with E-state index in [1.165, 1.54) is 11.1 Å². The Bertz CT molecular complexity index is 371. The van der Waals surface area contributed by atoms with E-state index in [1.54, 1.807) is 7.11 Å².